The topological polar surface area (TPSA) is 142 Å². The van der Waals surface area contributed by atoms with Gasteiger partial charge in [-0.05, 0) is 61.2 Å². The maximum atomic E-state index is 12.8. The highest BCUT2D eigenvalue weighted by Gasteiger charge is 2.22. The molecule has 0 unspecified atom stereocenters. The fourth-order valence-corrected chi connectivity index (χ4v) is 5.05. The molecule has 0 aliphatic carbocycles. The van der Waals surface area contributed by atoms with E-state index < -0.39 is 22.0 Å². The van der Waals surface area contributed by atoms with Gasteiger partial charge >= 0.3 is 11.9 Å². The van der Waals surface area contributed by atoms with E-state index in [-0.39, 0.29) is 0 Å². The van der Waals surface area contributed by atoms with Crippen molar-refractivity contribution in [2.24, 2.45) is 0 Å². The van der Waals surface area contributed by atoms with E-state index in [1.807, 2.05) is 44.2 Å². The number of ether oxygens (including phenoxy) is 2. The minimum Gasteiger partial charge on any atom is -0.493 e. The van der Waals surface area contributed by atoms with Crippen LogP contribution >= 0.6 is 0 Å². The zero-order chi connectivity index (χ0) is 28.6. The van der Waals surface area contributed by atoms with Gasteiger partial charge in [0, 0.05) is 31.8 Å². The third-order valence-corrected chi connectivity index (χ3v) is 7.16. The average Bonchev–Trinajstić information content (AvgIpc) is 2.90. The summed E-state index contributed by atoms with van der Waals surface area (Å²) in [6.45, 7) is 6.58. The van der Waals surface area contributed by atoms with Crippen molar-refractivity contribution < 1.29 is 37.7 Å². The van der Waals surface area contributed by atoms with Crippen LogP contribution in [0.5, 0.6) is 11.5 Å². The summed E-state index contributed by atoms with van der Waals surface area (Å²) < 4.78 is 37.8. The second-order valence-electron chi connectivity index (χ2n) is 8.17. The first-order chi connectivity index (χ1) is 18.1. The number of nitrogens with one attached hydrogen (secondary N) is 1. The summed E-state index contributed by atoms with van der Waals surface area (Å²) in [4.78, 5) is 19.5. The van der Waals surface area contributed by atoms with E-state index in [1.165, 1.54) is 0 Å². The molecule has 210 valence electrons. The van der Waals surface area contributed by atoms with Gasteiger partial charge in [0.1, 0.15) is 0 Å². The van der Waals surface area contributed by atoms with E-state index in [4.69, 9.17) is 19.7 Å². The van der Waals surface area contributed by atoms with Gasteiger partial charge in [0.2, 0.25) is 10.0 Å². The van der Waals surface area contributed by atoms with Crippen LogP contribution in [0.15, 0.2) is 59.5 Å². The molecular formula is C27H38N2O8S. The minimum atomic E-state index is -3.42. The van der Waals surface area contributed by atoms with Gasteiger partial charge in [-0.15, -0.1) is 0 Å². The molecule has 0 fully saturated rings. The number of sulfonamides is 1. The zero-order valence-electron chi connectivity index (χ0n) is 22.3. The standard InChI is InChI=1S/C23H34N2O4S.C4H4O4/c1-5-15-25(16-6-2)30(26,27)21-10-7-20(8-11-21)18-24-14-13-19-9-12-22(28-3)23(17-19)29-4;5-3(6)1-2-4(7)8/h7-12,17,24H,5-6,13-16,18H2,1-4H3;1-2H,(H,5,6)(H,7,8)/b;2-1-. The summed E-state index contributed by atoms with van der Waals surface area (Å²) in [6, 6.07) is 13.1. The molecule has 2 aromatic rings. The van der Waals surface area contributed by atoms with Crippen LogP contribution in [0.3, 0.4) is 0 Å². The molecule has 0 saturated carbocycles. The maximum Gasteiger partial charge on any atom is 0.328 e. The smallest absolute Gasteiger partial charge is 0.328 e. The van der Waals surface area contributed by atoms with Gasteiger partial charge in [0.25, 0.3) is 0 Å². The van der Waals surface area contributed by atoms with Crippen molar-refractivity contribution in [2.75, 3.05) is 33.9 Å². The van der Waals surface area contributed by atoms with E-state index in [1.54, 1.807) is 30.7 Å². The molecule has 2 rings (SSSR count). The first-order valence-electron chi connectivity index (χ1n) is 12.2. The van der Waals surface area contributed by atoms with Crippen LogP contribution in [0, 0.1) is 0 Å². The van der Waals surface area contributed by atoms with E-state index >= 15 is 0 Å². The Morgan fingerprint density at radius 1 is 0.868 bits per heavy atom. The molecule has 38 heavy (non-hydrogen) atoms. The summed E-state index contributed by atoms with van der Waals surface area (Å²) in [6.07, 6.45) is 3.59. The van der Waals surface area contributed by atoms with E-state index in [2.05, 4.69) is 5.32 Å². The Bertz CT molecular complexity index is 1130. The average molecular weight is 551 g/mol. The highest BCUT2D eigenvalue weighted by Crippen LogP contribution is 2.27. The Kier molecular flexibility index (Phi) is 14.7. The summed E-state index contributed by atoms with van der Waals surface area (Å²) in [5.74, 6) is -1.06. The van der Waals surface area contributed by atoms with Gasteiger partial charge in [0.05, 0.1) is 19.1 Å². The maximum absolute atomic E-state index is 12.8. The molecule has 0 aliphatic heterocycles. The number of hydrogen-bond acceptors (Lipinski definition) is 7. The number of nitrogens with zero attached hydrogens (tertiary/aromatic N) is 1. The molecule has 10 nitrogen and oxygen atoms in total. The van der Waals surface area contributed by atoms with Crippen LogP contribution in [-0.4, -0.2) is 68.7 Å². The highest BCUT2D eigenvalue weighted by molar-refractivity contribution is 7.89. The molecule has 0 aromatic heterocycles. The molecule has 0 aliphatic rings. The SMILES string of the molecule is CCCN(CCC)S(=O)(=O)c1ccc(CNCCc2ccc(OC)c(OC)c2)cc1.O=C(O)/C=C\C(=O)O. The molecule has 2 aromatic carbocycles. The lowest BCUT2D eigenvalue weighted by Crippen LogP contribution is -2.32. The monoisotopic (exact) mass is 550 g/mol. The number of carboxylic acid groups (broad SMARTS) is 2. The van der Waals surface area contributed by atoms with Crippen molar-refractivity contribution >= 4 is 22.0 Å². The lowest BCUT2D eigenvalue weighted by atomic mass is 10.1. The van der Waals surface area contributed by atoms with Gasteiger partial charge in [-0.1, -0.05) is 32.0 Å². The van der Waals surface area contributed by atoms with Gasteiger partial charge in [-0.25, -0.2) is 18.0 Å². The highest BCUT2D eigenvalue weighted by atomic mass is 32.2. The zero-order valence-corrected chi connectivity index (χ0v) is 23.2. The number of aliphatic carboxylic acids is 2. The summed E-state index contributed by atoms with van der Waals surface area (Å²) in [5.41, 5.74) is 2.22. The summed E-state index contributed by atoms with van der Waals surface area (Å²) in [7, 11) is -0.167. The quantitative estimate of drug-likeness (QED) is 0.224. The van der Waals surface area contributed by atoms with Crippen molar-refractivity contribution in [3.05, 3.63) is 65.7 Å². The van der Waals surface area contributed by atoms with Gasteiger partial charge in [-0.2, -0.15) is 4.31 Å². The lowest BCUT2D eigenvalue weighted by Gasteiger charge is -2.21. The van der Waals surface area contributed by atoms with Crippen LogP contribution < -0.4 is 14.8 Å². The van der Waals surface area contributed by atoms with Crippen molar-refractivity contribution in [2.45, 2.75) is 44.6 Å². The van der Waals surface area contributed by atoms with Crippen LogP contribution in [0.2, 0.25) is 0 Å². The predicted octanol–water partition coefficient (Wildman–Crippen LogP) is 3.56. The van der Waals surface area contributed by atoms with Gasteiger partial charge < -0.3 is 25.0 Å². The Labute approximate surface area is 224 Å². The molecule has 0 saturated heterocycles. The Hall–Kier alpha value is -3.41. The third kappa shape index (κ3) is 11.3. The lowest BCUT2D eigenvalue weighted by molar-refractivity contribution is -0.134. The molecular weight excluding hydrogens is 512 g/mol. The number of carboxylic acids is 2. The second-order valence-corrected chi connectivity index (χ2v) is 10.1. The number of methoxy groups -OCH3 is 2. The molecule has 0 amide bonds. The van der Waals surface area contributed by atoms with E-state index in [9.17, 15) is 18.0 Å². The van der Waals surface area contributed by atoms with Crippen LogP contribution in [0.1, 0.15) is 37.8 Å². The van der Waals surface area contributed by atoms with Crippen molar-refractivity contribution in [1.82, 2.24) is 9.62 Å². The number of hydrogen-bond donors (Lipinski definition) is 3. The largest absolute Gasteiger partial charge is 0.493 e. The Morgan fingerprint density at radius 2 is 1.39 bits per heavy atom. The van der Waals surface area contributed by atoms with E-state index in [0.717, 1.165) is 48.4 Å². The van der Waals surface area contributed by atoms with Crippen LogP contribution in [0.4, 0.5) is 0 Å². The molecule has 3 N–H and O–H groups in total. The molecule has 0 spiro atoms. The number of carbonyl (C=O) groups is 2. The first kappa shape index (κ1) is 32.6. The third-order valence-electron chi connectivity index (χ3n) is 5.24. The fraction of sp³-hybridized carbons (Fsp3) is 0.407. The Morgan fingerprint density at radius 3 is 1.87 bits per heavy atom. The second kappa shape index (κ2) is 17.2. The van der Waals surface area contributed by atoms with Gasteiger partial charge in [0.15, 0.2) is 11.5 Å². The number of benzene rings is 2. The van der Waals surface area contributed by atoms with Crippen molar-refractivity contribution in [3.8, 4) is 11.5 Å². The Balaban J connectivity index is 0.000000781. The van der Waals surface area contributed by atoms with Crippen molar-refractivity contribution in [1.29, 1.82) is 0 Å². The minimum absolute atomic E-state index is 0.360. The molecule has 0 heterocycles. The normalized spacial score (nSPS) is 11.2. The van der Waals surface area contributed by atoms with E-state index in [0.29, 0.717) is 36.7 Å². The molecule has 0 radical (unpaired) electrons. The molecule has 11 heteroatoms. The van der Waals surface area contributed by atoms with Crippen LogP contribution in [-0.2, 0) is 32.6 Å². The summed E-state index contributed by atoms with van der Waals surface area (Å²) in [5, 5.41) is 19.0. The molecule has 0 atom stereocenters. The number of rotatable bonds is 15. The molecule has 0 bridgehead atoms. The fourth-order valence-electron chi connectivity index (χ4n) is 3.42. The summed E-state index contributed by atoms with van der Waals surface area (Å²) >= 11 is 0. The van der Waals surface area contributed by atoms with Crippen molar-refractivity contribution in [3.63, 3.8) is 0 Å². The van der Waals surface area contributed by atoms with Gasteiger partial charge in [-0.3, -0.25) is 0 Å². The predicted molar refractivity (Wildman–Crippen MR) is 145 cm³/mol. The van der Waals surface area contributed by atoms with Crippen LogP contribution in [0.25, 0.3) is 0 Å². The first-order valence-corrected chi connectivity index (χ1v) is 13.7.